The number of amides is 1. The Morgan fingerprint density at radius 1 is 1.19 bits per heavy atom. The molecule has 0 heterocycles. The van der Waals surface area contributed by atoms with Gasteiger partial charge in [0.1, 0.15) is 5.75 Å². The SMILES string of the molecule is COc1ccc(Cl)cc1N(CCC(=O)Nc1ccc(C)cc1)S(C)(=O)=O. The highest BCUT2D eigenvalue weighted by atomic mass is 35.5. The van der Waals surface area contributed by atoms with Gasteiger partial charge >= 0.3 is 0 Å². The number of benzene rings is 2. The molecule has 140 valence electrons. The van der Waals surface area contributed by atoms with E-state index in [1.165, 1.54) is 13.2 Å². The number of rotatable bonds is 7. The lowest BCUT2D eigenvalue weighted by Gasteiger charge is -2.24. The van der Waals surface area contributed by atoms with Gasteiger partial charge in [-0.1, -0.05) is 29.3 Å². The number of carbonyl (C=O) groups is 1. The van der Waals surface area contributed by atoms with Crippen molar-refractivity contribution in [2.75, 3.05) is 29.5 Å². The van der Waals surface area contributed by atoms with Crippen molar-refractivity contribution in [2.24, 2.45) is 0 Å². The Morgan fingerprint density at radius 2 is 1.85 bits per heavy atom. The summed E-state index contributed by atoms with van der Waals surface area (Å²) < 4.78 is 30.8. The zero-order chi connectivity index (χ0) is 19.3. The average Bonchev–Trinajstić information content (AvgIpc) is 2.56. The molecule has 2 aromatic carbocycles. The molecule has 1 amide bonds. The largest absolute Gasteiger partial charge is 0.495 e. The summed E-state index contributed by atoms with van der Waals surface area (Å²) in [5.74, 6) is 0.0715. The van der Waals surface area contributed by atoms with Crippen molar-refractivity contribution >= 4 is 38.9 Å². The molecular weight excluding hydrogens is 376 g/mol. The van der Waals surface area contributed by atoms with Gasteiger partial charge in [0.15, 0.2) is 0 Å². The molecule has 0 saturated carbocycles. The van der Waals surface area contributed by atoms with Gasteiger partial charge in [0.2, 0.25) is 15.9 Å². The van der Waals surface area contributed by atoms with Gasteiger partial charge in [-0.3, -0.25) is 9.10 Å². The molecule has 0 atom stereocenters. The van der Waals surface area contributed by atoms with E-state index in [1.807, 2.05) is 19.1 Å². The summed E-state index contributed by atoms with van der Waals surface area (Å²) in [6.45, 7) is 1.92. The number of carbonyl (C=O) groups excluding carboxylic acids is 1. The van der Waals surface area contributed by atoms with Crippen molar-refractivity contribution in [1.82, 2.24) is 0 Å². The summed E-state index contributed by atoms with van der Waals surface area (Å²) in [5, 5.41) is 3.12. The molecule has 0 fully saturated rings. The van der Waals surface area contributed by atoms with Gasteiger partial charge in [-0.25, -0.2) is 8.42 Å². The van der Waals surface area contributed by atoms with Gasteiger partial charge in [-0.05, 0) is 37.3 Å². The van der Waals surface area contributed by atoms with E-state index in [9.17, 15) is 13.2 Å². The molecule has 8 heteroatoms. The number of sulfonamides is 1. The summed E-state index contributed by atoms with van der Waals surface area (Å²) in [7, 11) is -2.19. The molecule has 1 N–H and O–H groups in total. The van der Waals surface area contributed by atoms with Gasteiger partial charge in [-0.15, -0.1) is 0 Å². The molecule has 2 aromatic rings. The quantitative estimate of drug-likeness (QED) is 0.777. The van der Waals surface area contributed by atoms with Crippen LogP contribution in [0.2, 0.25) is 5.02 Å². The highest BCUT2D eigenvalue weighted by Gasteiger charge is 2.22. The Morgan fingerprint density at radius 3 is 2.42 bits per heavy atom. The van der Waals surface area contributed by atoms with Crippen LogP contribution in [0, 0.1) is 6.92 Å². The van der Waals surface area contributed by atoms with E-state index in [2.05, 4.69) is 5.32 Å². The number of nitrogens with zero attached hydrogens (tertiary/aromatic N) is 1. The van der Waals surface area contributed by atoms with Crippen LogP contribution in [0.1, 0.15) is 12.0 Å². The second-order valence-electron chi connectivity index (χ2n) is 5.82. The normalized spacial score (nSPS) is 11.1. The fourth-order valence-corrected chi connectivity index (χ4v) is 3.48. The molecule has 0 aromatic heterocycles. The highest BCUT2D eigenvalue weighted by molar-refractivity contribution is 7.92. The predicted octanol–water partition coefficient (Wildman–Crippen LogP) is 3.45. The summed E-state index contributed by atoms with van der Waals surface area (Å²) in [6.07, 6.45) is 1.06. The standard InChI is InChI=1S/C18H21ClN2O4S/c1-13-4-7-15(8-5-13)20-18(22)10-11-21(26(3,23)24)16-12-14(19)6-9-17(16)25-2/h4-9,12H,10-11H2,1-3H3,(H,20,22). The van der Waals surface area contributed by atoms with Gasteiger partial charge in [0, 0.05) is 23.7 Å². The Labute approximate surface area is 158 Å². The minimum Gasteiger partial charge on any atom is -0.495 e. The van der Waals surface area contributed by atoms with Crippen LogP contribution in [-0.4, -0.2) is 34.2 Å². The lowest BCUT2D eigenvalue weighted by molar-refractivity contribution is -0.116. The van der Waals surface area contributed by atoms with Gasteiger partial charge in [0.05, 0.1) is 19.1 Å². The van der Waals surface area contributed by atoms with Crippen molar-refractivity contribution in [3.8, 4) is 5.75 Å². The van der Waals surface area contributed by atoms with Gasteiger partial charge in [-0.2, -0.15) is 0 Å². The van der Waals surface area contributed by atoms with Crippen LogP contribution < -0.4 is 14.4 Å². The Kier molecular flexibility index (Phi) is 6.50. The number of hydrogen-bond donors (Lipinski definition) is 1. The summed E-state index contributed by atoms with van der Waals surface area (Å²) >= 11 is 5.99. The van der Waals surface area contributed by atoms with E-state index in [-0.39, 0.29) is 18.9 Å². The first kappa shape index (κ1) is 20.1. The number of ether oxygens (including phenoxy) is 1. The zero-order valence-electron chi connectivity index (χ0n) is 14.8. The summed E-state index contributed by atoms with van der Waals surface area (Å²) in [6, 6.07) is 12.0. The maximum Gasteiger partial charge on any atom is 0.232 e. The van der Waals surface area contributed by atoms with Crippen LogP contribution in [0.15, 0.2) is 42.5 Å². The fraction of sp³-hybridized carbons (Fsp3) is 0.278. The molecule has 2 rings (SSSR count). The minimum absolute atomic E-state index is 0.0172. The smallest absolute Gasteiger partial charge is 0.232 e. The van der Waals surface area contributed by atoms with Crippen molar-refractivity contribution in [1.29, 1.82) is 0 Å². The maximum absolute atomic E-state index is 12.2. The predicted molar refractivity (Wildman–Crippen MR) is 105 cm³/mol. The van der Waals surface area contributed by atoms with Crippen molar-refractivity contribution < 1.29 is 17.9 Å². The van der Waals surface area contributed by atoms with E-state index < -0.39 is 10.0 Å². The molecular formula is C18H21ClN2O4S. The molecule has 0 spiro atoms. The number of aryl methyl sites for hydroxylation is 1. The molecule has 0 aliphatic rings. The van der Waals surface area contributed by atoms with Crippen LogP contribution in [0.5, 0.6) is 5.75 Å². The van der Waals surface area contributed by atoms with Crippen LogP contribution in [0.4, 0.5) is 11.4 Å². The van der Waals surface area contributed by atoms with Crippen LogP contribution in [0.3, 0.4) is 0 Å². The van der Waals surface area contributed by atoms with Crippen molar-refractivity contribution in [2.45, 2.75) is 13.3 Å². The monoisotopic (exact) mass is 396 g/mol. The van der Waals surface area contributed by atoms with Crippen LogP contribution in [-0.2, 0) is 14.8 Å². The highest BCUT2D eigenvalue weighted by Crippen LogP contribution is 2.32. The average molecular weight is 397 g/mol. The second kappa shape index (κ2) is 8.42. The number of nitrogens with one attached hydrogen (secondary N) is 1. The van der Waals surface area contributed by atoms with E-state index in [0.29, 0.717) is 22.1 Å². The lowest BCUT2D eigenvalue weighted by Crippen LogP contribution is -2.33. The Bertz CT molecular complexity index is 883. The maximum atomic E-state index is 12.2. The lowest BCUT2D eigenvalue weighted by atomic mass is 10.2. The topological polar surface area (TPSA) is 75.7 Å². The molecule has 26 heavy (non-hydrogen) atoms. The van der Waals surface area contributed by atoms with Crippen LogP contribution in [0.25, 0.3) is 0 Å². The number of anilines is 2. The minimum atomic E-state index is -3.63. The Hall–Kier alpha value is -2.25. The Balaban J connectivity index is 2.15. The molecule has 6 nitrogen and oxygen atoms in total. The van der Waals surface area contributed by atoms with E-state index in [0.717, 1.165) is 16.1 Å². The number of hydrogen-bond acceptors (Lipinski definition) is 4. The van der Waals surface area contributed by atoms with E-state index in [1.54, 1.807) is 24.3 Å². The second-order valence-corrected chi connectivity index (χ2v) is 8.16. The third-order valence-electron chi connectivity index (χ3n) is 3.69. The fourth-order valence-electron chi connectivity index (χ4n) is 2.39. The number of methoxy groups -OCH3 is 1. The molecule has 0 radical (unpaired) electrons. The number of halogens is 1. The summed E-state index contributed by atoms with van der Waals surface area (Å²) in [4.78, 5) is 12.2. The van der Waals surface area contributed by atoms with Gasteiger partial charge in [0.25, 0.3) is 0 Å². The molecule has 0 saturated heterocycles. The molecule has 0 bridgehead atoms. The molecule has 0 aliphatic heterocycles. The van der Waals surface area contributed by atoms with Crippen LogP contribution >= 0.6 is 11.6 Å². The third kappa shape index (κ3) is 5.37. The first-order valence-electron chi connectivity index (χ1n) is 7.88. The third-order valence-corrected chi connectivity index (χ3v) is 5.10. The van der Waals surface area contributed by atoms with Crippen molar-refractivity contribution in [3.05, 3.63) is 53.1 Å². The first-order chi connectivity index (χ1) is 12.2. The molecule has 0 aliphatic carbocycles. The first-order valence-corrected chi connectivity index (χ1v) is 10.1. The zero-order valence-corrected chi connectivity index (χ0v) is 16.4. The van der Waals surface area contributed by atoms with E-state index >= 15 is 0 Å². The summed E-state index contributed by atoms with van der Waals surface area (Å²) in [5.41, 5.74) is 2.04. The van der Waals surface area contributed by atoms with E-state index in [4.69, 9.17) is 16.3 Å². The van der Waals surface area contributed by atoms with Crippen molar-refractivity contribution in [3.63, 3.8) is 0 Å². The van der Waals surface area contributed by atoms with Gasteiger partial charge < -0.3 is 10.1 Å². The molecule has 0 unspecified atom stereocenters.